The quantitative estimate of drug-likeness (QED) is 0.475. The Bertz CT molecular complexity index is 1300. The van der Waals surface area contributed by atoms with Gasteiger partial charge in [0.2, 0.25) is 0 Å². The number of carbonyl (C=O) groups is 3. The maximum absolute atomic E-state index is 14.8. The molecule has 2 heterocycles. The predicted molar refractivity (Wildman–Crippen MR) is 122 cm³/mol. The fraction of sp³-hybridized carbons (Fsp3) is 0.217. The van der Waals surface area contributed by atoms with Crippen LogP contribution < -0.4 is 4.90 Å². The molecule has 1 unspecified atom stereocenters. The van der Waals surface area contributed by atoms with E-state index in [9.17, 15) is 23.9 Å². The summed E-state index contributed by atoms with van der Waals surface area (Å²) in [5.74, 6) is -3.58. The Balaban J connectivity index is 1.78. The van der Waals surface area contributed by atoms with Gasteiger partial charge in [-0.1, -0.05) is 41.1 Å². The van der Waals surface area contributed by atoms with Crippen molar-refractivity contribution in [2.45, 2.75) is 25.8 Å². The van der Waals surface area contributed by atoms with Crippen molar-refractivity contribution in [2.24, 2.45) is 0 Å². The van der Waals surface area contributed by atoms with Gasteiger partial charge in [0, 0.05) is 17.0 Å². The van der Waals surface area contributed by atoms with Gasteiger partial charge in [0.15, 0.2) is 16.7 Å². The molecular formula is C23H18ClFN2O5S. The minimum atomic E-state index is -1.25. The van der Waals surface area contributed by atoms with Crippen molar-refractivity contribution < 1.29 is 28.6 Å². The normalized spacial score (nSPS) is 16.0. The number of anilines is 1. The fourth-order valence-electron chi connectivity index (χ4n) is 3.65. The lowest BCUT2D eigenvalue weighted by Crippen LogP contribution is -2.31. The van der Waals surface area contributed by atoms with Crippen LogP contribution in [0.15, 0.2) is 53.8 Å². The van der Waals surface area contributed by atoms with Crippen LogP contribution in [0.25, 0.3) is 10.2 Å². The number of aromatic nitrogens is 1. The summed E-state index contributed by atoms with van der Waals surface area (Å²) in [5.41, 5.74) is 0.291. The smallest absolute Gasteiger partial charge is 0.306 e. The fourth-order valence-corrected chi connectivity index (χ4v) is 4.92. The van der Waals surface area contributed by atoms with E-state index in [1.54, 1.807) is 31.2 Å². The first-order chi connectivity index (χ1) is 15.8. The van der Waals surface area contributed by atoms with Crippen LogP contribution in [0.2, 0.25) is 5.02 Å². The third-order valence-electron chi connectivity index (χ3n) is 5.12. The van der Waals surface area contributed by atoms with Gasteiger partial charge in [-0.2, -0.15) is 0 Å². The zero-order valence-electron chi connectivity index (χ0n) is 17.4. The molecule has 170 valence electrons. The SMILES string of the molecule is CCOC(=O)CCC(=O)C1=C(O)C(=O)N(c2nc3ccc(Cl)cc3s2)C1c1ccccc1F. The highest BCUT2D eigenvalue weighted by atomic mass is 35.5. The molecule has 0 fully saturated rings. The van der Waals surface area contributed by atoms with E-state index in [2.05, 4.69) is 4.98 Å². The van der Waals surface area contributed by atoms with Crippen LogP contribution >= 0.6 is 22.9 Å². The molecule has 1 N–H and O–H groups in total. The van der Waals surface area contributed by atoms with E-state index in [1.807, 2.05) is 0 Å². The third-order valence-corrected chi connectivity index (χ3v) is 6.37. The number of halogens is 2. The average Bonchev–Trinajstić information content (AvgIpc) is 3.30. The van der Waals surface area contributed by atoms with Gasteiger partial charge in [-0.15, -0.1) is 0 Å². The maximum atomic E-state index is 14.8. The van der Waals surface area contributed by atoms with Gasteiger partial charge in [-0.25, -0.2) is 9.37 Å². The van der Waals surface area contributed by atoms with E-state index in [4.69, 9.17) is 16.3 Å². The first-order valence-corrected chi connectivity index (χ1v) is 11.3. The Kier molecular flexibility index (Phi) is 6.44. The highest BCUT2D eigenvalue weighted by Gasteiger charge is 2.46. The number of benzene rings is 2. The largest absolute Gasteiger partial charge is 0.503 e. The Morgan fingerprint density at radius 1 is 1.24 bits per heavy atom. The van der Waals surface area contributed by atoms with Gasteiger partial charge in [0.25, 0.3) is 5.91 Å². The Hall–Kier alpha value is -3.30. The first kappa shape index (κ1) is 22.9. The number of thiazole rings is 1. The minimum Gasteiger partial charge on any atom is -0.503 e. The highest BCUT2D eigenvalue weighted by Crippen LogP contribution is 2.44. The van der Waals surface area contributed by atoms with E-state index >= 15 is 0 Å². The molecule has 33 heavy (non-hydrogen) atoms. The zero-order chi connectivity index (χ0) is 23.7. The summed E-state index contributed by atoms with van der Waals surface area (Å²) in [6, 6.07) is 9.43. The first-order valence-electron chi connectivity index (χ1n) is 10.1. The molecule has 1 aliphatic rings. The molecule has 0 bridgehead atoms. The number of fused-ring (bicyclic) bond motifs is 1. The van der Waals surface area contributed by atoms with Crippen LogP contribution in [0.1, 0.15) is 31.4 Å². The Morgan fingerprint density at radius 3 is 2.73 bits per heavy atom. The van der Waals surface area contributed by atoms with Crippen LogP contribution in [0.5, 0.6) is 0 Å². The van der Waals surface area contributed by atoms with Crippen LogP contribution in [-0.4, -0.2) is 34.4 Å². The maximum Gasteiger partial charge on any atom is 0.306 e. The standard InChI is InChI=1S/C23H18ClFN2O5S/c1-2-32-18(29)10-9-16(28)19-20(13-5-3-4-6-14(13)25)27(22(31)21(19)30)23-26-15-8-7-12(24)11-17(15)33-23/h3-8,11,20,30H,2,9-10H2,1H3. The second kappa shape index (κ2) is 9.29. The van der Waals surface area contributed by atoms with Crippen molar-refractivity contribution in [2.75, 3.05) is 11.5 Å². The van der Waals surface area contributed by atoms with E-state index in [0.717, 1.165) is 16.2 Å². The van der Waals surface area contributed by atoms with Crippen LogP contribution in [0.3, 0.4) is 0 Å². The van der Waals surface area contributed by atoms with E-state index in [1.165, 1.54) is 18.2 Å². The number of ketones is 1. The molecule has 0 radical (unpaired) electrons. The summed E-state index contributed by atoms with van der Waals surface area (Å²) in [6.07, 6.45) is -0.541. The second-order valence-corrected chi connectivity index (χ2v) is 8.64. The van der Waals surface area contributed by atoms with Gasteiger partial charge < -0.3 is 9.84 Å². The third kappa shape index (κ3) is 4.34. The molecule has 1 amide bonds. The van der Waals surface area contributed by atoms with Crippen molar-refractivity contribution >= 4 is 55.9 Å². The lowest BCUT2D eigenvalue weighted by molar-refractivity contribution is -0.144. The summed E-state index contributed by atoms with van der Waals surface area (Å²) in [7, 11) is 0. The lowest BCUT2D eigenvalue weighted by atomic mass is 9.94. The topological polar surface area (TPSA) is 96.8 Å². The number of amides is 1. The predicted octanol–water partition coefficient (Wildman–Crippen LogP) is 4.90. The molecule has 1 aromatic heterocycles. The van der Waals surface area contributed by atoms with Gasteiger partial charge >= 0.3 is 5.97 Å². The molecule has 3 aromatic rings. The van der Waals surface area contributed by atoms with Crippen LogP contribution in [0.4, 0.5) is 9.52 Å². The number of carbonyl (C=O) groups excluding carboxylic acids is 3. The van der Waals surface area contributed by atoms with Gasteiger partial charge in [0.1, 0.15) is 11.9 Å². The minimum absolute atomic E-state index is 0.0201. The van der Waals surface area contributed by atoms with Gasteiger partial charge in [0.05, 0.1) is 28.8 Å². The van der Waals surface area contributed by atoms with E-state index in [-0.39, 0.29) is 35.7 Å². The number of Topliss-reactive ketones (excluding diaryl/α,β-unsaturated/α-hetero) is 1. The number of hydrogen-bond acceptors (Lipinski definition) is 7. The van der Waals surface area contributed by atoms with E-state index < -0.39 is 35.3 Å². The summed E-state index contributed by atoms with van der Waals surface area (Å²) < 4.78 is 20.4. The van der Waals surface area contributed by atoms with Crippen molar-refractivity contribution in [3.05, 3.63) is 70.2 Å². The summed E-state index contributed by atoms with van der Waals surface area (Å²) in [6.45, 7) is 1.80. The molecule has 2 aromatic carbocycles. The molecular weight excluding hydrogens is 471 g/mol. The van der Waals surface area contributed by atoms with Gasteiger partial charge in [-0.05, 0) is 31.2 Å². The number of ether oxygens (including phenoxy) is 1. The van der Waals surface area contributed by atoms with Crippen molar-refractivity contribution in [3.8, 4) is 0 Å². The second-order valence-electron chi connectivity index (χ2n) is 7.20. The molecule has 1 atom stereocenters. The van der Waals surface area contributed by atoms with Crippen LogP contribution in [-0.2, 0) is 19.1 Å². The zero-order valence-corrected chi connectivity index (χ0v) is 19.0. The number of aliphatic hydroxyl groups is 1. The highest BCUT2D eigenvalue weighted by molar-refractivity contribution is 7.22. The molecule has 0 saturated heterocycles. The number of nitrogens with zero attached hydrogens (tertiary/aromatic N) is 2. The molecule has 0 aliphatic carbocycles. The Labute approximate surface area is 197 Å². The molecule has 1 aliphatic heterocycles. The molecule has 0 saturated carbocycles. The number of aliphatic hydroxyl groups excluding tert-OH is 1. The van der Waals surface area contributed by atoms with Crippen molar-refractivity contribution in [1.82, 2.24) is 4.98 Å². The summed E-state index contributed by atoms with van der Waals surface area (Å²) in [5, 5.41) is 11.3. The Morgan fingerprint density at radius 2 is 2.00 bits per heavy atom. The number of hydrogen-bond donors (Lipinski definition) is 1. The average molecular weight is 489 g/mol. The van der Waals surface area contributed by atoms with E-state index in [0.29, 0.717) is 15.2 Å². The number of esters is 1. The molecule has 7 nitrogen and oxygen atoms in total. The molecule has 0 spiro atoms. The van der Waals surface area contributed by atoms with Gasteiger partial charge in [-0.3, -0.25) is 19.3 Å². The number of rotatable bonds is 7. The summed E-state index contributed by atoms with van der Waals surface area (Å²) in [4.78, 5) is 43.4. The molecule has 4 rings (SSSR count). The molecule has 10 heteroatoms. The van der Waals surface area contributed by atoms with Crippen LogP contribution in [0, 0.1) is 5.82 Å². The van der Waals surface area contributed by atoms with Crippen molar-refractivity contribution in [1.29, 1.82) is 0 Å². The monoisotopic (exact) mass is 488 g/mol. The lowest BCUT2D eigenvalue weighted by Gasteiger charge is -2.24. The van der Waals surface area contributed by atoms with Crippen molar-refractivity contribution in [3.63, 3.8) is 0 Å². The summed E-state index contributed by atoms with van der Waals surface area (Å²) >= 11 is 7.17.